The minimum absolute atomic E-state index is 0.0539. The number of amides is 1. The van der Waals surface area contributed by atoms with Crippen LogP contribution in [0.5, 0.6) is 0 Å². The van der Waals surface area contributed by atoms with Gasteiger partial charge in [0, 0.05) is 19.3 Å². The molecule has 1 amide bonds. The van der Waals surface area contributed by atoms with E-state index in [2.05, 4.69) is 18.0 Å². The van der Waals surface area contributed by atoms with Gasteiger partial charge in [-0.05, 0) is 31.2 Å². The Morgan fingerprint density at radius 3 is 2.67 bits per heavy atom. The summed E-state index contributed by atoms with van der Waals surface area (Å²) in [5.41, 5.74) is 1.51. The fraction of sp³-hybridized carbons (Fsp3) is 0.286. The van der Waals surface area contributed by atoms with Crippen molar-refractivity contribution >= 4 is 11.6 Å². The Morgan fingerprint density at radius 2 is 2.17 bits per heavy atom. The van der Waals surface area contributed by atoms with Crippen LogP contribution in [0.15, 0.2) is 36.9 Å². The predicted octanol–water partition coefficient (Wildman–Crippen LogP) is 1.69. The maximum atomic E-state index is 11.8. The van der Waals surface area contributed by atoms with Crippen LogP contribution in [0.2, 0.25) is 0 Å². The second-order valence-electron chi connectivity index (χ2n) is 3.98. The molecule has 1 unspecified atom stereocenters. The Bertz CT molecular complexity index is 459. The minimum Gasteiger partial charge on any atom is -0.363 e. The molecule has 1 N–H and O–H groups in total. The molecule has 1 aromatic carbocycles. The number of anilines is 1. The third-order valence-corrected chi connectivity index (χ3v) is 2.78. The molecule has 1 atom stereocenters. The van der Waals surface area contributed by atoms with Crippen molar-refractivity contribution in [2.24, 2.45) is 0 Å². The summed E-state index contributed by atoms with van der Waals surface area (Å²) in [4.78, 5) is 13.6. The maximum absolute atomic E-state index is 11.8. The van der Waals surface area contributed by atoms with E-state index in [1.54, 1.807) is 18.2 Å². The van der Waals surface area contributed by atoms with Gasteiger partial charge in [0.05, 0.1) is 11.6 Å². The van der Waals surface area contributed by atoms with Gasteiger partial charge in [0.1, 0.15) is 6.04 Å². The Hall–Kier alpha value is -2.28. The minimum atomic E-state index is -0.280. The molecule has 0 saturated heterocycles. The lowest BCUT2D eigenvalue weighted by atomic mass is 10.2. The SMILES string of the molecule is C=CCNC(=O)C(C)N(C)c1ccc(C#N)cc1. The zero-order valence-electron chi connectivity index (χ0n) is 10.7. The highest BCUT2D eigenvalue weighted by atomic mass is 16.2. The molecule has 4 nitrogen and oxygen atoms in total. The summed E-state index contributed by atoms with van der Waals surface area (Å²) in [6.45, 7) is 5.85. The van der Waals surface area contributed by atoms with Crippen molar-refractivity contribution in [3.63, 3.8) is 0 Å². The highest BCUT2D eigenvalue weighted by Gasteiger charge is 2.17. The van der Waals surface area contributed by atoms with Crippen molar-refractivity contribution in [1.29, 1.82) is 5.26 Å². The first-order valence-electron chi connectivity index (χ1n) is 5.71. The molecular weight excluding hydrogens is 226 g/mol. The van der Waals surface area contributed by atoms with E-state index in [0.29, 0.717) is 12.1 Å². The van der Waals surface area contributed by atoms with E-state index < -0.39 is 0 Å². The molecule has 0 aliphatic carbocycles. The molecule has 1 rings (SSSR count). The predicted molar refractivity (Wildman–Crippen MR) is 72.2 cm³/mol. The van der Waals surface area contributed by atoms with Crippen LogP contribution in [0.1, 0.15) is 12.5 Å². The number of carbonyl (C=O) groups excluding carboxylic acids is 1. The highest BCUT2D eigenvalue weighted by Crippen LogP contribution is 2.15. The van der Waals surface area contributed by atoms with Gasteiger partial charge in [0.2, 0.25) is 5.91 Å². The second kappa shape index (κ2) is 6.45. The van der Waals surface area contributed by atoms with Gasteiger partial charge in [-0.25, -0.2) is 0 Å². The second-order valence-corrected chi connectivity index (χ2v) is 3.98. The monoisotopic (exact) mass is 243 g/mol. The van der Waals surface area contributed by atoms with Crippen molar-refractivity contribution in [3.05, 3.63) is 42.5 Å². The Kier molecular flexibility index (Phi) is 4.94. The first kappa shape index (κ1) is 13.8. The van der Waals surface area contributed by atoms with E-state index in [0.717, 1.165) is 5.69 Å². The lowest BCUT2D eigenvalue weighted by molar-refractivity contribution is -0.121. The number of nitriles is 1. The van der Waals surface area contributed by atoms with Gasteiger partial charge >= 0.3 is 0 Å². The molecule has 0 heterocycles. The van der Waals surface area contributed by atoms with Gasteiger partial charge in [-0.1, -0.05) is 6.08 Å². The highest BCUT2D eigenvalue weighted by molar-refractivity contribution is 5.84. The number of benzene rings is 1. The van der Waals surface area contributed by atoms with Crippen LogP contribution < -0.4 is 10.2 Å². The molecule has 0 aliphatic rings. The lowest BCUT2D eigenvalue weighted by Gasteiger charge is -2.26. The number of rotatable bonds is 5. The first-order chi connectivity index (χ1) is 8.60. The molecular formula is C14H17N3O. The van der Waals surface area contributed by atoms with Crippen LogP contribution in [-0.4, -0.2) is 25.5 Å². The van der Waals surface area contributed by atoms with Gasteiger partial charge in [-0.15, -0.1) is 6.58 Å². The molecule has 94 valence electrons. The van der Waals surface area contributed by atoms with Gasteiger partial charge in [-0.2, -0.15) is 5.26 Å². The van der Waals surface area contributed by atoms with Gasteiger partial charge in [-0.3, -0.25) is 4.79 Å². The molecule has 0 aromatic heterocycles. The molecule has 18 heavy (non-hydrogen) atoms. The maximum Gasteiger partial charge on any atom is 0.242 e. The molecule has 0 radical (unpaired) electrons. The summed E-state index contributed by atoms with van der Waals surface area (Å²) >= 11 is 0. The fourth-order valence-corrected chi connectivity index (χ4v) is 1.49. The standard InChI is InChI=1S/C14H17N3O/c1-4-9-16-14(18)11(2)17(3)13-7-5-12(10-15)6-8-13/h4-8,11H,1,9H2,2-3H3,(H,16,18). The largest absolute Gasteiger partial charge is 0.363 e. The van der Waals surface area contributed by atoms with Gasteiger partial charge in [0.25, 0.3) is 0 Å². The molecule has 1 aromatic rings. The lowest BCUT2D eigenvalue weighted by Crippen LogP contribution is -2.43. The Morgan fingerprint density at radius 1 is 1.56 bits per heavy atom. The van der Waals surface area contributed by atoms with Crippen LogP contribution >= 0.6 is 0 Å². The smallest absolute Gasteiger partial charge is 0.242 e. The third-order valence-electron chi connectivity index (χ3n) is 2.78. The summed E-state index contributed by atoms with van der Waals surface area (Å²) in [5, 5.41) is 11.5. The number of hydrogen-bond acceptors (Lipinski definition) is 3. The Labute approximate surface area is 108 Å². The number of nitrogens with one attached hydrogen (secondary N) is 1. The molecule has 0 aliphatic heterocycles. The number of hydrogen-bond donors (Lipinski definition) is 1. The van der Waals surface area contributed by atoms with Crippen molar-refractivity contribution < 1.29 is 4.79 Å². The van der Waals surface area contributed by atoms with E-state index in [4.69, 9.17) is 5.26 Å². The van der Waals surface area contributed by atoms with E-state index in [1.807, 2.05) is 31.0 Å². The van der Waals surface area contributed by atoms with Crippen LogP contribution in [0.25, 0.3) is 0 Å². The Balaban J connectivity index is 2.73. The summed E-state index contributed by atoms with van der Waals surface area (Å²) in [6, 6.07) is 8.92. The quantitative estimate of drug-likeness (QED) is 0.801. The zero-order valence-corrected chi connectivity index (χ0v) is 10.7. The molecule has 0 fully saturated rings. The van der Waals surface area contributed by atoms with E-state index in [-0.39, 0.29) is 11.9 Å². The van der Waals surface area contributed by atoms with Crippen LogP contribution in [0.4, 0.5) is 5.69 Å². The number of carbonyl (C=O) groups is 1. The van der Waals surface area contributed by atoms with Crippen LogP contribution in [0, 0.1) is 11.3 Å². The topological polar surface area (TPSA) is 56.1 Å². The molecule has 0 spiro atoms. The fourth-order valence-electron chi connectivity index (χ4n) is 1.49. The van der Waals surface area contributed by atoms with E-state index in [1.165, 1.54) is 0 Å². The number of nitrogens with zero attached hydrogens (tertiary/aromatic N) is 2. The molecule has 4 heteroatoms. The molecule has 0 bridgehead atoms. The summed E-state index contributed by atoms with van der Waals surface area (Å²) in [6.07, 6.45) is 1.65. The van der Waals surface area contributed by atoms with Gasteiger partial charge < -0.3 is 10.2 Å². The summed E-state index contributed by atoms with van der Waals surface area (Å²) in [7, 11) is 1.85. The zero-order chi connectivity index (χ0) is 13.5. The third kappa shape index (κ3) is 3.36. The van der Waals surface area contributed by atoms with E-state index >= 15 is 0 Å². The van der Waals surface area contributed by atoms with Crippen molar-refractivity contribution in [3.8, 4) is 6.07 Å². The van der Waals surface area contributed by atoms with Crippen LogP contribution in [-0.2, 0) is 4.79 Å². The number of likely N-dealkylation sites (N-methyl/N-ethyl adjacent to an activating group) is 1. The first-order valence-corrected chi connectivity index (χ1v) is 5.71. The van der Waals surface area contributed by atoms with E-state index in [9.17, 15) is 4.79 Å². The summed E-state index contributed by atoms with van der Waals surface area (Å²) in [5.74, 6) is -0.0539. The van der Waals surface area contributed by atoms with Crippen molar-refractivity contribution in [2.75, 3.05) is 18.5 Å². The van der Waals surface area contributed by atoms with Crippen molar-refractivity contribution in [2.45, 2.75) is 13.0 Å². The normalized spacial score (nSPS) is 11.2. The molecule has 0 saturated carbocycles. The average molecular weight is 243 g/mol. The van der Waals surface area contributed by atoms with Crippen molar-refractivity contribution in [1.82, 2.24) is 5.32 Å². The summed E-state index contributed by atoms with van der Waals surface area (Å²) < 4.78 is 0. The average Bonchev–Trinajstić information content (AvgIpc) is 2.43. The van der Waals surface area contributed by atoms with Crippen LogP contribution in [0.3, 0.4) is 0 Å². The van der Waals surface area contributed by atoms with Gasteiger partial charge in [0.15, 0.2) is 0 Å².